The van der Waals surface area contributed by atoms with Crippen molar-refractivity contribution in [1.82, 2.24) is 4.90 Å². The predicted molar refractivity (Wildman–Crippen MR) is 67.5 cm³/mol. The van der Waals surface area contributed by atoms with Crippen LogP contribution in [0.3, 0.4) is 0 Å². The van der Waals surface area contributed by atoms with Gasteiger partial charge in [-0.2, -0.15) is 0 Å². The Bertz CT molecular complexity index is 496. The van der Waals surface area contributed by atoms with E-state index in [1.54, 1.807) is 0 Å². The molecule has 104 valence electrons. The highest BCUT2D eigenvalue weighted by atomic mass is 35.5. The molecule has 0 aliphatic carbocycles. The zero-order valence-electron chi connectivity index (χ0n) is 10.5. The Balaban J connectivity index is 2.30. The summed E-state index contributed by atoms with van der Waals surface area (Å²) < 4.78 is 32.1. The van der Waals surface area contributed by atoms with Crippen molar-refractivity contribution in [2.24, 2.45) is 0 Å². The van der Waals surface area contributed by atoms with Crippen LogP contribution in [-0.2, 0) is 4.74 Å². The van der Waals surface area contributed by atoms with Crippen LogP contribution < -0.4 is 0 Å². The smallest absolute Gasteiger partial charge is 0.257 e. The van der Waals surface area contributed by atoms with E-state index >= 15 is 0 Å². The molecule has 1 aliphatic heterocycles. The molecule has 19 heavy (non-hydrogen) atoms. The molecule has 1 atom stereocenters. The fourth-order valence-electron chi connectivity index (χ4n) is 2.03. The number of rotatable bonds is 2. The van der Waals surface area contributed by atoms with E-state index in [1.165, 1.54) is 17.9 Å². The van der Waals surface area contributed by atoms with Gasteiger partial charge in [0.15, 0.2) is 0 Å². The molecule has 1 amide bonds. The van der Waals surface area contributed by atoms with Crippen LogP contribution in [0.2, 0.25) is 0 Å². The molecule has 1 fully saturated rings. The van der Waals surface area contributed by atoms with Gasteiger partial charge in [-0.3, -0.25) is 4.79 Å². The van der Waals surface area contributed by atoms with Crippen LogP contribution in [0.25, 0.3) is 0 Å². The number of carbonyl (C=O) groups is 1. The highest BCUT2D eigenvalue weighted by Crippen LogP contribution is 2.19. The number of ether oxygens (including phenoxy) is 1. The zero-order chi connectivity index (χ0) is 14.0. The number of hydrogen-bond donors (Lipinski definition) is 0. The number of halogens is 3. The lowest BCUT2D eigenvalue weighted by Crippen LogP contribution is -2.49. The van der Waals surface area contributed by atoms with Crippen molar-refractivity contribution in [2.75, 3.05) is 25.6 Å². The molecule has 0 radical (unpaired) electrons. The van der Waals surface area contributed by atoms with Crippen molar-refractivity contribution in [1.29, 1.82) is 0 Å². The lowest BCUT2D eigenvalue weighted by atomic mass is 10.1. The topological polar surface area (TPSA) is 29.5 Å². The SMILES string of the molecule is Cc1cc(C(=O)N2CCOCC2CCl)c(F)cc1F. The van der Waals surface area contributed by atoms with E-state index in [-0.39, 0.29) is 23.0 Å². The van der Waals surface area contributed by atoms with E-state index in [1.807, 2.05) is 0 Å². The van der Waals surface area contributed by atoms with Gasteiger partial charge in [-0.1, -0.05) is 0 Å². The van der Waals surface area contributed by atoms with Gasteiger partial charge >= 0.3 is 0 Å². The molecule has 6 heteroatoms. The highest BCUT2D eigenvalue weighted by Gasteiger charge is 2.29. The van der Waals surface area contributed by atoms with Gasteiger partial charge in [-0.25, -0.2) is 8.78 Å². The molecule has 0 aromatic heterocycles. The van der Waals surface area contributed by atoms with Crippen molar-refractivity contribution in [3.05, 3.63) is 34.9 Å². The second-order valence-electron chi connectivity index (χ2n) is 4.46. The Morgan fingerprint density at radius 2 is 2.21 bits per heavy atom. The minimum atomic E-state index is -0.854. The number of amides is 1. The number of hydrogen-bond acceptors (Lipinski definition) is 2. The summed E-state index contributed by atoms with van der Waals surface area (Å²) in [4.78, 5) is 13.8. The largest absolute Gasteiger partial charge is 0.377 e. The standard InChI is InChI=1S/C13H14ClF2NO2/c1-8-4-10(12(16)5-11(8)15)13(18)17-2-3-19-7-9(17)6-14/h4-5,9H,2-3,6-7H2,1H3. The molecule has 0 N–H and O–H groups in total. The summed E-state index contributed by atoms with van der Waals surface area (Å²) in [5, 5.41) is 0. The van der Waals surface area contributed by atoms with Crippen LogP contribution >= 0.6 is 11.6 Å². The highest BCUT2D eigenvalue weighted by molar-refractivity contribution is 6.18. The summed E-state index contributed by atoms with van der Waals surface area (Å²) in [5.41, 5.74) is 0.108. The van der Waals surface area contributed by atoms with Crippen molar-refractivity contribution in [3.8, 4) is 0 Å². The first-order valence-electron chi connectivity index (χ1n) is 5.95. The number of benzene rings is 1. The summed E-state index contributed by atoms with van der Waals surface area (Å²) in [6, 6.07) is 1.68. The normalized spacial score (nSPS) is 19.6. The van der Waals surface area contributed by atoms with Crippen LogP contribution in [0.15, 0.2) is 12.1 Å². The van der Waals surface area contributed by atoms with Gasteiger partial charge in [-0.15, -0.1) is 11.6 Å². The second kappa shape index (κ2) is 5.84. The summed E-state index contributed by atoms with van der Waals surface area (Å²) in [7, 11) is 0. The Kier molecular flexibility index (Phi) is 4.37. The van der Waals surface area contributed by atoms with Crippen LogP contribution in [0, 0.1) is 18.6 Å². The van der Waals surface area contributed by atoms with Crippen molar-refractivity contribution < 1.29 is 18.3 Å². The molecular weight excluding hydrogens is 276 g/mol. The second-order valence-corrected chi connectivity index (χ2v) is 4.77. The predicted octanol–water partition coefficient (Wildman–Crippen LogP) is 2.35. The van der Waals surface area contributed by atoms with Crippen molar-refractivity contribution in [2.45, 2.75) is 13.0 Å². The zero-order valence-corrected chi connectivity index (χ0v) is 11.2. The number of carbonyl (C=O) groups excluding carboxylic acids is 1. The van der Waals surface area contributed by atoms with Crippen LogP contribution in [0.5, 0.6) is 0 Å². The van der Waals surface area contributed by atoms with E-state index in [4.69, 9.17) is 16.3 Å². The molecule has 1 aromatic carbocycles. The maximum Gasteiger partial charge on any atom is 0.257 e. The van der Waals surface area contributed by atoms with Crippen LogP contribution in [0.4, 0.5) is 8.78 Å². The van der Waals surface area contributed by atoms with Gasteiger partial charge in [0.2, 0.25) is 0 Å². The fourth-order valence-corrected chi connectivity index (χ4v) is 2.28. The fraction of sp³-hybridized carbons (Fsp3) is 0.462. The summed E-state index contributed by atoms with van der Waals surface area (Å²) in [6.45, 7) is 2.56. The molecule has 0 spiro atoms. The quantitative estimate of drug-likeness (QED) is 0.782. The summed E-state index contributed by atoms with van der Waals surface area (Å²) in [6.07, 6.45) is 0. The molecule has 0 saturated carbocycles. The minimum absolute atomic E-state index is 0.129. The molecular formula is C13H14ClF2NO2. The van der Waals surface area contributed by atoms with Crippen molar-refractivity contribution >= 4 is 17.5 Å². The molecule has 1 aliphatic rings. The third-order valence-electron chi connectivity index (χ3n) is 3.15. The molecule has 2 rings (SSSR count). The number of nitrogens with zero attached hydrogens (tertiary/aromatic N) is 1. The average Bonchev–Trinajstić information content (AvgIpc) is 2.42. The maximum atomic E-state index is 13.7. The first kappa shape index (κ1) is 14.2. The molecule has 1 unspecified atom stereocenters. The van der Waals surface area contributed by atoms with Gasteiger partial charge in [-0.05, 0) is 18.6 Å². The Morgan fingerprint density at radius 3 is 2.89 bits per heavy atom. The van der Waals surface area contributed by atoms with E-state index in [0.717, 1.165) is 6.07 Å². The lowest BCUT2D eigenvalue weighted by molar-refractivity contribution is 0.00430. The summed E-state index contributed by atoms with van der Waals surface area (Å²) in [5.74, 6) is -1.78. The van der Waals surface area contributed by atoms with Crippen molar-refractivity contribution in [3.63, 3.8) is 0 Å². The summed E-state index contributed by atoms with van der Waals surface area (Å²) >= 11 is 5.78. The lowest BCUT2D eigenvalue weighted by Gasteiger charge is -2.34. The monoisotopic (exact) mass is 289 g/mol. The number of morpholine rings is 1. The Morgan fingerprint density at radius 1 is 1.47 bits per heavy atom. The van der Waals surface area contributed by atoms with Crippen LogP contribution in [0.1, 0.15) is 15.9 Å². The number of alkyl halides is 1. The first-order valence-corrected chi connectivity index (χ1v) is 6.48. The van der Waals surface area contributed by atoms with Gasteiger partial charge in [0.25, 0.3) is 5.91 Å². The van der Waals surface area contributed by atoms with E-state index < -0.39 is 17.5 Å². The molecule has 1 aromatic rings. The third kappa shape index (κ3) is 2.87. The maximum absolute atomic E-state index is 13.7. The van der Waals surface area contributed by atoms with Gasteiger partial charge in [0.1, 0.15) is 11.6 Å². The average molecular weight is 290 g/mol. The number of aryl methyl sites for hydroxylation is 1. The minimum Gasteiger partial charge on any atom is -0.377 e. The Labute approximate surface area is 115 Å². The van der Waals surface area contributed by atoms with E-state index in [9.17, 15) is 13.6 Å². The Hall–Kier alpha value is -1.20. The molecule has 0 bridgehead atoms. The first-order chi connectivity index (χ1) is 9.04. The van der Waals surface area contributed by atoms with Gasteiger partial charge < -0.3 is 9.64 Å². The van der Waals surface area contributed by atoms with Crippen LogP contribution in [-0.4, -0.2) is 42.5 Å². The van der Waals surface area contributed by atoms with E-state index in [0.29, 0.717) is 19.8 Å². The molecule has 1 saturated heterocycles. The third-order valence-corrected chi connectivity index (χ3v) is 3.50. The van der Waals surface area contributed by atoms with Gasteiger partial charge in [0.05, 0.1) is 24.8 Å². The molecule has 3 nitrogen and oxygen atoms in total. The molecule has 1 heterocycles. The van der Waals surface area contributed by atoms with E-state index in [2.05, 4.69) is 0 Å². The van der Waals surface area contributed by atoms with Gasteiger partial charge in [0, 0.05) is 18.5 Å².